The third-order valence-electron chi connectivity index (χ3n) is 2.23. The molecule has 1 N–H and O–H groups in total. The van der Waals surface area contributed by atoms with Crippen molar-refractivity contribution < 1.29 is 23.1 Å². The zero-order valence-electron chi connectivity index (χ0n) is 7.55. The van der Waals surface area contributed by atoms with Crippen molar-refractivity contribution in [3.05, 3.63) is 0 Å². The first-order chi connectivity index (χ1) is 6.41. The Hall–Kier alpha value is -0.780. The van der Waals surface area contributed by atoms with E-state index in [4.69, 9.17) is 0 Å². The van der Waals surface area contributed by atoms with Gasteiger partial charge >= 0.3 is 12.1 Å². The number of aliphatic hydroxyl groups is 1. The molecule has 1 amide bonds. The van der Waals surface area contributed by atoms with E-state index in [0.29, 0.717) is 12.8 Å². The number of carbonyl (C=O) groups excluding carboxylic acids is 1. The highest BCUT2D eigenvalue weighted by Crippen LogP contribution is 2.21. The molecule has 0 radical (unpaired) electrons. The zero-order chi connectivity index (χ0) is 10.8. The molecule has 1 rings (SSSR count). The number of halogens is 3. The van der Waals surface area contributed by atoms with E-state index in [0.717, 1.165) is 4.90 Å². The second-order valence-corrected chi connectivity index (χ2v) is 3.37. The highest BCUT2D eigenvalue weighted by atomic mass is 19.4. The van der Waals surface area contributed by atoms with Crippen molar-refractivity contribution >= 4 is 5.91 Å². The summed E-state index contributed by atoms with van der Waals surface area (Å²) < 4.78 is 36.0. The summed E-state index contributed by atoms with van der Waals surface area (Å²) in [5.41, 5.74) is 0. The summed E-state index contributed by atoms with van der Waals surface area (Å²) in [7, 11) is 0. The minimum Gasteiger partial charge on any atom is -0.393 e. The van der Waals surface area contributed by atoms with Gasteiger partial charge in [0.2, 0.25) is 0 Å². The standard InChI is InChI=1S/C8H12F3NO2/c9-8(10,11)7(14)12-4-1-2-6(13)3-5-12/h6,13H,1-5H2. The van der Waals surface area contributed by atoms with Crippen LogP contribution < -0.4 is 0 Å². The molecule has 14 heavy (non-hydrogen) atoms. The van der Waals surface area contributed by atoms with Gasteiger partial charge in [-0.2, -0.15) is 13.2 Å². The Bertz CT molecular complexity index is 217. The average molecular weight is 211 g/mol. The van der Waals surface area contributed by atoms with Gasteiger partial charge in [-0.1, -0.05) is 0 Å². The lowest BCUT2D eigenvalue weighted by atomic mass is 10.2. The third-order valence-corrected chi connectivity index (χ3v) is 2.23. The maximum Gasteiger partial charge on any atom is 0.471 e. The lowest BCUT2D eigenvalue weighted by molar-refractivity contribution is -0.185. The molecule has 1 unspecified atom stereocenters. The van der Waals surface area contributed by atoms with Crippen LogP contribution in [0, 0.1) is 0 Å². The van der Waals surface area contributed by atoms with E-state index in [1.54, 1.807) is 0 Å². The van der Waals surface area contributed by atoms with E-state index in [2.05, 4.69) is 0 Å². The van der Waals surface area contributed by atoms with Gasteiger partial charge in [-0.15, -0.1) is 0 Å². The maximum atomic E-state index is 12.0. The lowest BCUT2D eigenvalue weighted by Gasteiger charge is -2.21. The van der Waals surface area contributed by atoms with Gasteiger partial charge in [0.05, 0.1) is 6.10 Å². The molecule has 0 aromatic rings. The van der Waals surface area contributed by atoms with Gasteiger partial charge in [-0.3, -0.25) is 4.79 Å². The minimum absolute atomic E-state index is 0.0144. The van der Waals surface area contributed by atoms with Crippen molar-refractivity contribution in [2.24, 2.45) is 0 Å². The number of carbonyl (C=O) groups is 1. The number of hydrogen-bond donors (Lipinski definition) is 1. The van der Waals surface area contributed by atoms with E-state index in [-0.39, 0.29) is 19.5 Å². The summed E-state index contributed by atoms with van der Waals surface area (Å²) in [5.74, 6) is -1.80. The van der Waals surface area contributed by atoms with Crippen LogP contribution in [0.2, 0.25) is 0 Å². The fourth-order valence-corrected chi connectivity index (χ4v) is 1.46. The van der Waals surface area contributed by atoms with E-state index in [1.165, 1.54) is 0 Å². The van der Waals surface area contributed by atoms with Crippen molar-refractivity contribution in [1.82, 2.24) is 4.90 Å². The molecule has 3 nitrogen and oxygen atoms in total. The average Bonchev–Trinajstić information content (AvgIpc) is 2.27. The SMILES string of the molecule is O=C(N1CCCC(O)CC1)C(F)(F)F. The van der Waals surface area contributed by atoms with Crippen LogP contribution in [-0.4, -0.2) is 41.3 Å². The van der Waals surface area contributed by atoms with E-state index in [9.17, 15) is 23.1 Å². The van der Waals surface area contributed by atoms with Crippen LogP contribution >= 0.6 is 0 Å². The van der Waals surface area contributed by atoms with Gasteiger partial charge in [0, 0.05) is 13.1 Å². The first-order valence-electron chi connectivity index (χ1n) is 4.45. The highest BCUT2D eigenvalue weighted by molar-refractivity contribution is 5.81. The van der Waals surface area contributed by atoms with Gasteiger partial charge in [0.1, 0.15) is 0 Å². The van der Waals surface area contributed by atoms with Crippen molar-refractivity contribution in [2.45, 2.75) is 31.5 Å². The molecule has 0 aromatic carbocycles. The van der Waals surface area contributed by atoms with Crippen LogP contribution in [0.4, 0.5) is 13.2 Å². The van der Waals surface area contributed by atoms with Crippen LogP contribution in [0.25, 0.3) is 0 Å². The predicted molar refractivity (Wildman–Crippen MR) is 42.5 cm³/mol. The first kappa shape index (κ1) is 11.3. The number of amides is 1. The van der Waals surface area contributed by atoms with E-state index >= 15 is 0 Å². The summed E-state index contributed by atoms with van der Waals surface area (Å²) in [4.78, 5) is 11.6. The van der Waals surface area contributed by atoms with E-state index in [1.807, 2.05) is 0 Å². The van der Waals surface area contributed by atoms with Gasteiger partial charge < -0.3 is 10.0 Å². The van der Waals surface area contributed by atoms with E-state index < -0.39 is 18.2 Å². The van der Waals surface area contributed by atoms with Crippen LogP contribution in [0.3, 0.4) is 0 Å². The summed E-state index contributed by atoms with van der Waals surface area (Å²) >= 11 is 0. The minimum atomic E-state index is -4.80. The fraction of sp³-hybridized carbons (Fsp3) is 0.875. The van der Waals surface area contributed by atoms with Gasteiger partial charge in [-0.05, 0) is 19.3 Å². The molecule has 6 heteroatoms. The Morgan fingerprint density at radius 2 is 1.93 bits per heavy atom. The van der Waals surface area contributed by atoms with Crippen LogP contribution in [-0.2, 0) is 4.79 Å². The highest BCUT2D eigenvalue weighted by Gasteiger charge is 2.42. The second-order valence-electron chi connectivity index (χ2n) is 3.37. The zero-order valence-corrected chi connectivity index (χ0v) is 7.55. The quantitative estimate of drug-likeness (QED) is 0.647. The number of likely N-dealkylation sites (tertiary alicyclic amines) is 1. The van der Waals surface area contributed by atoms with Crippen LogP contribution in [0.1, 0.15) is 19.3 Å². The topological polar surface area (TPSA) is 40.5 Å². The smallest absolute Gasteiger partial charge is 0.393 e. The molecule has 0 aliphatic carbocycles. The molecule has 1 aliphatic heterocycles. The molecule has 0 bridgehead atoms. The summed E-state index contributed by atoms with van der Waals surface area (Å²) in [6.07, 6.45) is -4.28. The molecule has 1 fully saturated rings. The summed E-state index contributed by atoms with van der Waals surface area (Å²) in [6.45, 7) is 0.0644. The third kappa shape index (κ3) is 2.87. The largest absolute Gasteiger partial charge is 0.471 e. The predicted octanol–water partition coefficient (Wildman–Crippen LogP) is 0.922. The normalized spacial score (nSPS) is 24.6. The van der Waals surface area contributed by atoms with Crippen molar-refractivity contribution in [3.63, 3.8) is 0 Å². The van der Waals surface area contributed by atoms with Crippen molar-refractivity contribution in [2.75, 3.05) is 13.1 Å². The van der Waals surface area contributed by atoms with Crippen molar-refractivity contribution in [1.29, 1.82) is 0 Å². The molecule has 1 saturated heterocycles. The Morgan fingerprint density at radius 1 is 1.29 bits per heavy atom. The lowest BCUT2D eigenvalue weighted by Crippen LogP contribution is -2.41. The molecule has 82 valence electrons. The molecule has 0 saturated carbocycles. The van der Waals surface area contributed by atoms with Gasteiger partial charge in [-0.25, -0.2) is 0 Å². The Kier molecular flexibility index (Phi) is 3.36. The molecule has 1 heterocycles. The maximum absolute atomic E-state index is 12.0. The Balaban J connectivity index is 2.56. The van der Waals surface area contributed by atoms with Gasteiger partial charge in [0.25, 0.3) is 0 Å². The molecule has 1 atom stereocenters. The number of rotatable bonds is 0. The first-order valence-corrected chi connectivity index (χ1v) is 4.45. The van der Waals surface area contributed by atoms with Gasteiger partial charge in [0.15, 0.2) is 0 Å². The molecular weight excluding hydrogens is 199 g/mol. The molecule has 0 spiro atoms. The molecule has 1 aliphatic rings. The Morgan fingerprint density at radius 3 is 2.50 bits per heavy atom. The number of aliphatic hydroxyl groups excluding tert-OH is 1. The number of hydrogen-bond acceptors (Lipinski definition) is 2. The fourth-order valence-electron chi connectivity index (χ4n) is 1.46. The number of alkyl halides is 3. The molecular formula is C8H12F3NO2. The monoisotopic (exact) mass is 211 g/mol. The van der Waals surface area contributed by atoms with Crippen LogP contribution in [0.15, 0.2) is 0 Å². The van der Waals surface area contributed by atoms with Crippen molar-refractivity contribution in [3.8, 4) is 0 Å². The second kappa shape index (κ2) is 4.16. The summed E-state index contributed by atoms with van der Waals surface area (Å²) in [5, 5.41) is 9.17. The van der Waals surface area contributed by atoms with Crippen LogP contribution in [0.5, 0.6) is 0 Å². The summed E-state index contributed by atoms with van der Waals surface area (Å²) in [6, 6.07) is 0. The molecule has 0 aromatic heterocycles. The Labute approximate surface area is 79.5 Å². The number of nitrogens with zero attached hydrogens (tertiary/aromatic N) is 1.